The summed E-state index contributed by atoms with van der Waals surface area (Å²) < 4.78 is 0. The first-order chi connectivity index (χ1) is 13.7. The average Bonchev–Trinajstić information content (AvgIpc) is 3.32. The number of rotatable bonds is 3. The van der Waals surface area contributed by atoms with E-state index in [0.717, 1.165) is 33.7 Å². The van der Waals surface area contributed by atoms with Crippen LogP contribution in [0.15, 0.2) is 72.8 Å². The van der Waals surface area contributed by atoms with E-state index in [1.807, 2.05) is 77.7 Å². The van der Waals surface area contributed by atoms with Crippen LogP contribution in [0.2, 0.25) is 5.02 Å². The van der Waals surface area contributed by atoms with Crippen LogP contribution in [0.1, 0.15) is 10.9 Å². The van der Waals surface area contributed by atoms with Crippen molar-refractivity contribution in [2.75, 3.05) is 10.7 Å². The van der Waals surface area contributed by atoms with Crippen molar-refractivity contribution in [3.05, 3.63) is 83.4 Å². The Labute approximate surface area is 171 Å². The zero-order chi connectivity index (χ0) is 19.1. The van der Waals surface area contributed by atoms with E-state index < -0.39 is 0 Å². The van der Waals surface area contributed by atoms with E-state index in [9.17, 15) is 4.79 Å². The maximum Gasteiger partial charge on any atom is 0.238 e. The zero-order valence-electron chi connectivity index (χ0n) is 14.8. The number of carbonyl (C=O) groups excluding carboxylic acids is 1. The third-order valence-corrected chi connectivity index (χ3v) is 6.30. The van der Waals surface area contributed by atoms with E-state index in [2.05, 4.69) is 9.97 Å². The summed E-state index contributed by atoms with van der Waals surface area (Å²) in [6.45, 7) is 0. The molecule has 138 valence electrons. The van der Waals surface area contributed by atoms with Crippen molar-refractivity contribution >= 4 is 46.0 Å². The molecule has 2 heterocycles. The summed E-state index contributed by atoms with van der Waals surface area (Å²) in [6.07, 6.45) is 0. The van der Waals surface area contributed by atoms with Gasteiger partial charge in [-0.3, -0.25) is 9.69 Å². The lowest BCUT2D eigenvalue weighted by Gasteiger charge is -2.24. The number of anilines is 1. The van der Waals surface area contributed by atoms with Gasteiger partial charge in [-0.05, 0) is 54.1 Å². The van der Waals surface area contributed by atoms with Crippen LogP contribution in [0.4, 0.5) is 5.69 Å². The summed E-state index contributed by atoms with van der Waals surface area (Å²) in [7, 11) is 0. The SMILES string of the molecule is O=C1CSC(c2ccc(Cl)cc2)N1c1ccc(-c2nc3ccccc3[nH]2)cc1. The number of nitrogens with one attached hydrogen (secondary N) is 1. The minimum absolute atomic E-state index is 0.0400. The van der Waals surface area contributed by atoms with Crippen LogP contribution in [0.5, 0.6) is 0 Å². The highest BCUT2D eigenvalue weighted by Crippen LogP contribution is 2.42. The van der Waals surface area contributed by atoms with E-state index in [0.29, 0.717) is 10.8 Å². The number of halogens is 1. The Bertz CT molecular complexity index is 1120. The third-order valence-electron chi connectivity index (χ3n) is 4.83. The zero-order valence-corrected chi connectivity index (χ0v) is 16.4. The van der Waals surface area contributed by atoms with Crippen molar-refractivity contribution in [2.45, 2.75) is 5.37 Å². The van der Waals surface area contributed by atoms with E-state index in [1.54, 1.807) is 11.8 Å². The van der Waals surface area contributed by atoms with Crippen molar-refractivity contribution in [1.29, 1.82) is 0 Å². The minimum atomic E-state index is -0.0400. The first kappa shape index (κ1) is 17.3. The number of hydrogen-bond acceptors (Lipinski definition) is 3. The number of imidazole rings is 1. The van der Waals surface area contributed by atoms with Crippen LogP contribution in [0, 0.1) is 0 Å². The highest BCUT2D eigenvalue weighted by atomic mass is 35.5. The predicted molar refractivity (Wildman–Crippen MR) is 116 cm³/mol. The maximum atomic E-state index is 12.6. The van der Waals surface area contributed by atoms with Crippen molar-refractivity contribution in [2.24, 2.45) is 0 Å². The fourth-order valence-corrected chi connectivity index (χ4v) is 4.75. The summed E-state index contributed by atoms with van der Waals surface area (Å²) >= 11 is 7.64. The monoisotopic (exact) mass is 405 g/mol. The summed E-state index contributed by atoms with van der Waals surface area (Å²) in [4.78, 5) is 22.4. The highest BCUT2D eigenvalue weighted by molar-refractivity contribution is 8.00. The van der Waals surface area contributed by atoms with Crippen LogP contribution in [0.25, 0.3) is 22.4 Å². The van der Waals surface area contributed by atoms with Gasteiger partial charge in [0.05, 0.1) is 16.8 Å². The van der Waals surface area contributed by atoms with Crippen LogP contribution < -0.4 is 4.90 Å². The molecule has 5 rings (SSSR count). The predicted octanol–water partition coefficient (Wildman–Crippen LogP) is 5.66. The number of hydrogen-bond donors (Lipinski definition) is 1. The second kappa shape index (κ2) is 7.00. The molecule has 3 aromatic carbocycles. The molecule has 1 atom stereocenters. The number of H-pyrrole nitrogens is 1. The van der Waals surface area contributed by atoms with Gasteiger partial charge in [0.1, 0.15) is 11.2 Å². The molecule has 1 aliphatic rings. The molecule has 0 radical (unpaired) electrons. The molecule has 1 N–H and O–H groups in total. The molecule has 1 aromatic heterocycles. The summed E-state index contributed by atoms with van der Waals surface area (Å²) in [6, 6.07) is 23.6. The van der Waals surface area contributed by atoms with E-state index in [-0.39, 0.29) is 11.3 Å². The number of amides is 1. The quantitative estimate of drug-likeness (QED) is 0.478. The van der Waals surface area contributed by atoms with Gasteiger partial charge in [-0.15, -0.1) is 11.8 Å². The van der Waals surface area contributed by atoms with Crippen molar-refractivity contribution in [1.82, 2.24) is 9.97 Å². The Kier molecular flexibility index (Phi) is 4.34. The molecule has 4 nitrogen and oxygen atoms in total. The molecule has 0 aliphatic carbocycles. The normalized spacial score (nSPS) is 16.8. The molecule has 1 aliphatic heterocycles. The number of thioether (sulfide) groups is 1. The Hall–Kier alpha value is -2.76. The molecule has 1 fully saturated rings. The highest BCUT2D eigenvalue weighted by Gasteiger charge is 2.34. The number of carbonyl (C=O) groups is 1. The number of para-hydroxylation sites is 2. The molecule has 0 bridgehead atoms. The topological polar surface area (TPSA) is 49.0 Å². The number of nitrogens with zero attached hydrogens (tertiary/aromatic N) is 2. The van der Waals surface area contributed by atoms with Crippen molar-refractivity contribution in [3.63, 3.8) is 0 Å². The lowest BCUT2D eigenvalue weighted by Crippen LogP contribution is -2.27. The van der Waals surface area contributed by atoms with E-state index in [4.69, 9.17) is 11.6 Å². The lowest BCUT2D eigenvalue weighted by molar-refractivity contribution is -0.115. The summed E-state index contributed by atoms with van der Waals surface area (Å²) in [5.74, 6) is 1.41. The molecule has 6 heteroatoms. The number of aromatic nitrogens is 2. The van der Waals surface area contributed by atoms with Gasteiger partial charge >= 0.3 is 0 Å². The first-order valence-corrected chi connectivity index (χ1v) is 10.4. The summed E-state index contributed by atoms with van der Waals surface area (Å²) in [5.41, 5.74) is 4.89. The van der Waals surface area contributed by atoms with Crippen LogP contribution in [-0.4, -0.2) is 21.6 Å². The molecular weight excluding hydrogens is 390 g/mol. The van der Waals surface area contributed by atoms with Gasteiger partial charge in [-0.1, -0.05) is 35.9 Å². The molecule has 28 heavy (non-hydrogen) atoms. The Morgan fingerprint density at radius 2 is 1.75 bits per heavy atom. The molecule has 4 aromatic rings. The van der Waals surface area contributed by atoms with E-state index >= 15 is 0 Å². The molecular formula is C22H16ClN3OS. The van der Waals surface area contributed by atoms with Gasteiger partial charge in [0.2, 0.25) is 5.91 Å². The van der Waals surface area contributed by atoms with Crippen molar-refractivity contribution in [3.8, 4) is 11.4 Å². The van der Waals surface area contributed by atoms with Gasteiger partial charge < -0.3 is 4.98 Å². The smallest absolute Gasteiger partial charge is 0.238 e. The van der Waals surface area contributed by atoms with Crippen molar-refractivity contribution < 1.29 is 4.79 Å². The summed E-state index contributed by atoms with van der Waals surface area (Å²) in [5, 5.41) is 0.654. The maximum absolute atomic E-state index is 12.6. The second-order valence-electron chi connectivity index (χ2n) is 6.63. The molecule has 1 unspecified atom stereocenters. The number of aromatic amines is 1. The van der Waals surface area contributed by atoms with Gasteiger partial charge in [0, 0.05) is 16.3 Å². The Morgan fingerprint density at radius 1 is 1.00 bits per heavy atom. The lowest BCUT2D eigenvalue weighted by atomic mass is 10.1. The third kappa shape index (κ3) is 3.07. The first-order valence-electron chi connectivity index (χ1n) is 8.93. The Morgan fingerprint density at radius 3 is 2.50 bits per heavy atom. The van der Waals surface area contributed by atoms with Crippen LogP contribution >= 0.6 is 23.4 Å². The Balaban J connectivity index is 1.46. The average molecular weight is 406 g/mol. The standard InChI is InChI=1S/C22H16ClN3OS/c23-16-9-5-15(6-10-16)22-26(20(27)13-28-22)17-11-7-14(8-12-17)21-24-18-3-1-2-4-19(18)25-21/h1-12,22H,13H2,(H,24,25). The number of benzene rings is 3. The van der Waals surface area contributed by atoms with Gasteiger partial charge in [0.25, 0.3) is 0 Å². The fourth-order valence-electron chi connectivity index (χ4n) is 3.45. The fraction of sp³-hybridized carbons (Fsp3) is 0.0909. The van der Waals surface area contributed by atoms with E-state index in [1.165, 1.54) is 0 Å². The van der Waals surface area contributed by atoms with Gasteiger partial charge in [-0.25, -0.2) is 4.98 Å². The van der Waals surface area contributed by atoms with Crippen LogP contribution in [-0.2, 0) is 4.79 Å². The largest absolute Gasteiger partial charge is 0.338 e. The number of fused-ring (bicyclic) bond motifs is 1. The van der Waals surface area contributed by atoms with Gasteiger partial charge in [-0.2, -0.15) is 0 Å². The molecule has 0 saturated carbocycles. The molecule has 1 saturated heterocycles. The minimum Gasteiger partial charge on any atom is -0.338 e. The molecule has 1 amide bonds. The van der Waals surface area contributed by atoms with Gasteiger partial charge in [0.15, 0.2) is 0 Å². The molecule has 0 spiro atoms. The second-order valence-corrected chi connectivity index (χ2v) is 8.13. The van der Waals surface area contributed by atoms with Crippen LogP contribution in [0.3, 0.4) is 0 Å².